The fourth-order valence-corrected chi connectivity index (χ4v) is 1.47. The molecule has 0 bridgehead atoms. The van der Waals surface area contributed by atoms with Gasteiger partial charge in [-0.15, -0.1) is 0 Å². The van der Waals surface area contributed by atoms with Gasteiger partial charge in [-0.3, -0.25) is 4.90 Å². The van der Waals surface area contributed by atoms with Gasteiger partial charge in [0.15, 0.2) is 5.76 Å². The molecule has 4 heteroatoms. The molecular weight excluding hydrogens is 180 g/mol. The molecule has 0 aliphatic carbocycles. The lowest BCUT2D eigenvalue weighted by Crippen LogP contribution is -2.35. The van der Waals surface area contributed by atoms with E-state index in [0.29, 0.717) is 13.1 Å². The van der Waals surface area contributed by atoms with E-state index in [-0.39, 0.29) is 0 Å². The van der Waals surface area contributed by atoms with Crippen LogP contribution in [0.5, 0.6) is 0 Å². The minimum absolute atomic E-state index is 0.604. The van der Waals surface area contributed by atoms with Crippen molar-refractivity contribution in [2.75, 3.05) is 13.6 Å². The molecular formula is C10H18N2O2. The Morgan fingerprint density at radius 2 is 2.21 bits per heavy atom. The highest BCUT2D eigenvalue weighted by Crippen LogP contribution is 2.08. The molecule has 1 heterocycles. The van der Waals surface area contributed by atoms with Gasteiger partial charge < -0.3 is 9.63 Å². The van der Waals surface area contributed by atoms with E-state index in [1.54, 1.807) is 13.8 Å². The van der Waals surface area contributed by atoms with E-state index in [1.807, 2.05) is 24.9 Å². The lowest BCUT2D eigenvalue weighted by molar-refractivity contribution is 0.0402. The van der Waals surface area contributed by atoms with Crippen molar-refractivity contribution in [3.63, 3.8) is 0 Å². The largest absolute Gasteiger partial charge is 0.389 e. The van der Waals surface area contributed by atoms with Crippen LogP contribution < -0.4 is 0 Å². The van der Waals surface area contributed by atoms with E-state index >= 15 is 0 Å². The number of nitrogens with zero attached hydrogens (tertiary/aromatic N) is 2. The van der Waals surface area contributed by atoms with Crippen LogP contribution in [0.25, 0.3) is 0 Å². The maximum Gasteiger partial charge on any atom is 0.150 e. The zero-order chi connectivity index (χ0) is 10.8. The van der Waals surface area contributed by atoms with Gasteiger partial charge in [0.1, 0.15) is 0 Å². The van der Waals surface area contributed by atoms with Gasteiger partial charge in [0.25, 0.3) is 0 Å². The molecule has 0 unspecified atom stereocenters. The molecule has 0 aromatic carbocycles. The van der Waals surface area contributed by atoms with Gasteiger partial charge in [0.05, 0.1) is 17.8 Å². The molecule has 1 N–H and O–H groups in total. The van der Waals surface area contributed by atoms with Gasteiger partial charge >= 0.3 is 0 Å². The molecule has 0 atom stereocenters. The molecule has 0 saturated carbocycles. The van der Waals surface area contributed by atoms with E-state index in [4.69, 9.17) is 4.52 Å². The Labute approximate surface area is 84.5 Å². The first-order valence-corrected chi connectivity index (χ1v) is 4.70. The van der Waals surface area contributed by atoms with Crippen LogP contribution in [-0.2, 0) is 6.54 Å². The molecule has 80 valence electrons. The van der Waals surface area contributed by atoms with Gasteiger partial charge in [-0.25, -0.2) is 0 Å². The summed E-state index contributed by atoms with van der Waals surface area (Å²) < 4.78 is 5.08. The molecule has 1 aromatic heterocycles. The number of aliphatic hydroxyl groups is 1. The highest BCUT2D eigenvalue weighted by Gasteiger charge is 2.16. The van der Waals surface area contributed by atoms with Crippen molar-refractivity contribution < 1.29 is 9.63 Å². The third-order valence-corrected chi connectivity index (χ3v) is 1.76. The molecule has 0 amide bonds. The summed E-state index contributed by atoms with van der Waals surface area (Å²) in [6.07, 6.45) is 0. The van der Waals surface area contributed by atoms with Gasteiger partial charge in [-0.05, 0) is 27.8 Å². The fourth-order valence-electron chi connectivity index (χ4n) is 1.47. The Hall–Kier alpha value is -0.870. The predicted molar refractivity (Wildman–Crippen MR) is 53.9 cm³/mol. The Kier molecular flexibility index (Phi) is 3.29. The average molecular weight is 198 g/mol. The van der Waals surface area contributed by atoms with Crippen LogP contribution in [0, 0.1) is 6.92 Å². The molecule has 0 saturated heterocycles. The highest BCUT2D eigenvalue weighted by molar-refractivity contribution is 5.02. The van der Waals surface area contributed by atoms with Crippen LogP contribution in [0.2, 0.25) is 0 Å². The van der Waals surface area contributed by atoms with Crippen molar-refractivity contribution in [2.24, 2.45) is 0 Å². The van der Waals surface area contributed by atoms with Crippen molar-refractivity contribution >= 4 is 0 Å². The molecule has 0 spiro atoms. The van der Waals surface area contributed by atoms with E-state index in [1.165, 1.54) is 0 Å². The molecule has 1 aromatic rings. The number of hydrogen-bond donors (Lipinski definition) is 1. The zero-order valence-corrected chi connectivity index (χ0v) is 9.24. The molecule has 4 nitrogen and oxygen atoms in total. The second-order valence-corrected chi connectivity index (χ2v) is 4.42. The van der Waals surface area contributed by atoms with Gasteiger partial charge in [0.2, 0.25) is 0 Å². The van der Waals surface area contributed by atoms with E-state index in [0.717, 1.165) is 11.5 Å². The monoisotopic (exact) mass is 198 g/mol. The summed E-state index contributed by atoms with van der Waals surface area (Å²) in [6.45, 7) is 6.74. The Morgan fingerprint density at radius 3 is 2.64 bits per heavy atom. The molecule has 0 aliphatic rings. The van der Waals surface area contributed by atoms with Crippen molar-refractivity contribution in [1.29, 1.82) is 0 Å². The summed E-state index contributed by atoms with van der Waals surface area (Å²) in [6, 6.07) is 1.90. The normalized spacial score (nSPS) is 12.4. The molecule has 0 fully saturated rings. The lowest BCUT2D eigenvalue weighted by atomic mass is 10.1. The smallest absolute Gasteiger partial charge is 0.150 e. The first-order valence-electron chi connectivity index (χ1n) is 4.70. The number of aromatic nitrogens is 1. The third kappa shape index (κ3) is 3.89. The Bertz CT molecular complexity index is 289. The molecule has 14 heavy (non-hydrogen) atoms. The lowest BCUT2D eigenvalue weighted by Gasteiger charge is -2.24. The van der Waals surface area contributed by atoms with Crippen molar-refractivity contribution in [2.45, 2.75) is 32.9 Å². The number of hydrogen-bond acceptors (Lipinski definition) is 4. The third-order valence-electron chi connectivity index (χ3n) is 1.76. The van der Waals surface area contributed by atoms with Crippen LogP contribution in [0.15, 0.2) is 10.6 Å². The summed E-state index contributed by atoms with van der Waals surface area (Å²) in [7, 11) is 1.94. The zero-order valence-electron chi connectivity index (χ0n) is 9.24. The van der Waals surface area contributed by atoms with Crippen LogP contribution in [-0.4, -0.2) is 34.4 Å². The first-order chi connectivity index (χ1) is 6.37. The van der Waals surface area contributed by atoms with Crippen molar-refractivity contribution in [3.8, 4) is 0 Å². The summed E-state index contributed by atoms with van der Waals surface area (Å²) in [5, 5.41) is 13.4. The first kappa shape index (κ1) is 11.2. The molecule has 1 rings (SSSR count). The van der Waals surface area contributed by atoms with E-state index in [9.17, 15) is 5.11 Å². The van der Waals surface area contributed by atoms with Crippen molar-refractivity contribution in [1.82, 2.24) is 10.1 Å². The maximum absolute atomic E-state index is 9.58. The summed E-state index contributed by atoms with van der Waals surface area (Å²) in [5.74, 6) is 0.828. The minimum atomic E-state index is -0.677. The van der Waals surface area contributed by atoms with Crippen LogP contribution in [0.1, 0.15) is 25.3 Å². The van der Waals surface area contributed by atoms with E-state index in [2.05, 4.69) is 5.16 Å². The van der Waals surface area contributed by atoms with Gasteiger partial charge in [0, 0.05) is 12.6 Å². The number of aryl methyl sites for hydroxylation is 1. The number of rotatable bonds is 4. The fraction of sp³-hybridized carbons (Fsp3) is 0.700. The Balaban J connectivity index is 2.45. The summed E-state index contributed by atoms with van der Waals surface area (Å²) in [4.78, 5) is 2.00. The standard InChI is InChI=1S/C10H18N2O2/c1-8-5-9(14-11-8)6-12(4)7-10(2,3)13/h5,13H,6-7H2,1-4H3. The van der Waals surface area contributed by atoms with Gasteiger partial charge in [-0.1, -0.05) is 5.16 Å². The Morgan fingerprint density at radius 1 is 1.57 bits per heavy atom. The van der Waals surface area contributed by atoms with Crippen LogP contribution in [0.4, 0.5) is 0 Å². The van der Waals surface area contributed by atoms with E-state index < -0.39 is 5.60 Å². The predicted octanol–water partition coefficient (Wildman–Crippen LogP) is 1.19. The number of likely N-dealkylation sites (N-methyl/N-ethyl adjacent to an activating group) is 1. The maximum atomic E-state index is 9.58. The quantitative estimate of drug-likeness (QED) is 0.789. The summed E-state index contributed by atoms with van der Waals surface area (Å²) in [5.41, 5.74) is 0.209. The minimum Gasteiger partial charge on any atom is -0.389 e. The SMILES string of the molecule is Cc1cc(CN(C)CC(C)(C)O)on1. The van der Waals surface area contributed by atoms with Crippen LogP contribution >= 0.6 is 0 Å². The molecule has 0 aliphatic heterocycles. The van der Waals surface area contributed by atoms with Gasteiger partial charge in [-0.2, -0.15) is 0 Å². The second kappa shape index (κ2) is 4.11. The second-order valence-electron chi connectivity index (χ2n) is 4.42. The topological polar surface area (TPSA) is 49.5 Å². The highest BCUT2D eigenvalue weighted by atomic mass is 16.5. The van der Waals surface area contributed by atoms with Crippen molar-refractivity contribution in [3.05, 3.63) is 17.5 Å². The average Bonchev–Trinajstić information content (AvgIpc) is 2.30. The van der Waals surface area contributed by atoms with Crippen LogP contribution in [0.3, 0.4) is 0 Å². The molecule has 0 radical (unpaired) electrons. The summed E-state index contributed by atoms with van der Waals surface area (Å²) >= 11 is 0.